The summed E-state index contributed by atoms with van der Waals surface area (Å²) in [6.45, 7) is 3.99. The summed E-state index contributed by atoms with van der Waals surface area (Å²) in [7, 11) is 0. The predicted octanol–water partition coefficient (Wildman–Crippen LogP) is 3.68. The number of hydrogen-bond donors (Lipinski definition) is 1. The van der Waals surface area contributed by atoms with Gasteiger partial charge < -0.3 is 10.2 Å². The first-order valence-electron chi connectivity index (χ1n) is 6.96. The highest BCUT2D eigenvalue weighted by molar-refractivity contribution is 5.79. The Bertz CT molecular complexity index is 653. The van der Waals surface area contributed by atoms with E-state index in [1.54, 1.807) is 0 Å². The van der Waals surface area contributed by atoms with Crippen LogP contribution in [0, 0.1) is 11.3 Å². The van der Waals surface area contributed by atoms with Crippen LogP contribution >= 0.6 is 0 Å². The maximum atomic E-state index is 8.99. The van der Waals surface area contributed by atoms with E-state index < -0.39 is 0 Å². The van der Waals surface area contributed by atoms with Crippen LogP contribution in [0.25, 0.3) is 0 Å². The van der Waals surface area contributed by atoms with Crippen molar-refractivity contribution in [3.63, 3.8) is 0 Å². The molecule has 20 heavy (non-hydrogen) atoms. The standard InChI is InChI=1S/C17H17N3/c1-2-13-3-6-15(7-4-13)20-10-9-19-16-11-14(12-18)5-8-17(16)20/h3-8,11,19H,2,9-10H2,1H3. The molecule has 0 spiro atoms. The monoisotopic (exact) mass is 263 g/mol. The molecule has 3 nitrogen and oxygen atoms in total. The molecule has 0 fully saturated rings. The first-order chi connectivity index (χ1) is 9.81. The number of fused-ring (bicyclic) bond motifs is 1. The van der Waals surface area contributed by atoms with Crippen molar-refractivity contribution in [2.45, 2.75) is 13.3 Å². The summed E-state index contributed by atoms with van der Waals surface area (Å²) in [5.41, 5.74) is 5.42. The van der Waals surface area contributed by atoms with Gasteiger partial charge in [-0.1, -0.05) is 19.1 Å². The second kappa shape index (κ2) is 5.26. The molecule has 2 aromatic rings. The van der Waals surface area contributed by atoms with Gasteiger partial charge in [0.2, 0.25) is 0 Å². The van der Waals surface area contributed by atoms with Gasteiger partial charge in [-0.2, -0.15) is 5.26 Å². The number of anilines is 3. The lowest BCUT2D eigenvalue weighted by Crippen LogP contribution is -2.30. The van der Waals surface area contributed by atoms with Crippen LogP contribution in [0.2, 0.25) is 0 Å². The molecule has 0 radical (unpaired) electrons. The number of nitrogens with zero attached hydrogens (tertiary/aromatic N) is 2. The summed E-state index contributed by atoms with van der Waals surface area (Å²) in [5.74, 6) is 0. The first-order valence-corrected chi connectivity index (χ1v) is 6.96. The van der Waals surface area contributed by atoms with E-state index in [4.69, 9.17) is 5.26 Å². The Balaban J connectivity index is 1.98. The van der Waals surface area contributed by atoms with Crippen molar-refractivity contribution < 1.29 is 0 Å². The molecule has 1 N–H and O–H groups in total. The van der Waals surface area contributed by atoms with Crippen molar-refractivity contribution in [2.75, 3.05) is 23.3 Å². The molecule has 0 unspecified atom stereocenters. The maximum absolute atomic E-state index is 8.99. The Morgan fingerprint density at radius 1 is 1.20 bits per heavy atom. The predicted molar refractivity (Wildman–Crippen MR) is 82.5 cm³/mol. The molecule has 2 aromatic carbocycles. The summed E-state index contributed by atoms with van der Waals surface area (Å²) >= 11 is 0. The smallest absolute Gasteiger partial charge is 0.0992 e. The van der Waals surface area contributed by atoms with E-state index in [1.807, 2.05) is 18.2 Å². The number of rotatable bonds is 2. The van der Waals surface area contributed by atoms with Crippen molar-refractivity contribution in [1.29, 1.82) is 5.26 Å². The lowest BCUT2D eigenvalue weighted by molar-refractivity contribution is 0.925. The molecule has 0 aliphatic carbocycles. The summed E-state index contributed by atoms with van der Waals surface area (Å²) in [5, 5.41) is 12.4. The topological polar surface area (TPSA) is 39.1 Å². The summed E-state index contributed by atoms with van der Waals surface area (Å²) in [4.78, 5) is 2.30. The van der Waals surface area contributed by atoms with Gasteiger partial charge in [0.05, 0.1) is 23.0 Å². The second-order valence-electron chi connectivity index (χ2n) is 4.94. The molecule has 100 valence electrons. The van der Waals surface area contributed by atoms with Crippen molar-refractivity contribution in [3.05, 3.63) is 53.6 Å². The second-order valence-corrected chi connectivity index (χ2v) is 4.94. The highest BCUT2D eigenvalue weighted by atomic mass is 15.2. The zero-order valence-electron chi connectivity index (χ0n) is 11.6. The van der Waals surface area contributed by atoms with Gasteiger partial charge in [0.25, 0.3) is 0 Å². The van der Waals surface area contributed by atoms with Gasteiger partial charge in [-0.15, -0.1) is 0 Å². The van der Waals surface area contributed by atoms with Crippen LogP contribution in [-0.2, 0) is 6.42 Å². The highest BCUT2D eigenvalue weighted by Crippen LogP contribution is 2.35. The fourth-order valence-corrected chi connectivity index (χ4v) is 2.59. The Labute approximate surface area is 119 Å². The zero-order valence-corrected chi connectivity index (χ0v) is 11.6. The van der Waals surface area contributed by atoms with Gasteiger partial charge in [0, 0.05) is 18.8 Å². The number of nitrogens with one attached hydrogen (secondary N) is 1. The lowest BCUT2D eigenvalue weighted by atomic mass is 10.1. The van der Waals surface area contributed by atoms with Gasteiger partial charge in [-0.25, -0.2) is 0 Å². The molecule has 3 rings (SSSR count). The molecule has 0 bridgehead atoms. The third-order valence-electron chi connectivity index (χ3n) is 3.72. The number of benzene rings is 2. The molecular formula is C17H17N3. The number of aryl methyl sites for hydroxylation is 1. The van der Waals surface area contributed by atoms with Crippen molar-refractivity contribution in [1.82, 2.24) is 0 Å². The minimum atomic E-state index is 0.694. The molecule has 0 saturated heterocycles. The van der Waals surface area contributed by atoms with Crippen molar-refractivity contribution in [2.24, 2.45) is 0 Å². The van der Waals surface area contributed by atoms with E-state index in [1.165, 1.54) is 11.3 Å². The first kappa shape index (κ1) is 12.6. The van der Waals surface area contributed by atoms with Gasteiger partial charge in [-0.05, 0) is 42.3 Å². The zero-order chi connectivity index (χ0) is 13.9. The lowest BCUT2D eigenvalue weighted by Gasteiger charge is -2.32. The van der Waals surface area contributed by atoms with Crippen LogP contribution in [0.4, 0.5) is 17.1 Å². The largest absolute Gasteiger partial charge is 0.382 e. The van der Waals surface area contributed by atoms with E-state index in [2.05, 4.69) is 47.5 Å². The third kappa shape index (κ3) is 2.21. The minimum absolute atomic E-state index is 0.694. The molecule has 0 atom stereocenters. The van der Waals surface area contributed by atoms with E-state index in [0.717, 1.165) is 30.9 Å². The van der Waals surface area contributed by atoms with Gasteiger partial charge >= 0.3 is 0 Å². The maximum Gasteiger partial charge on any atom is 0.0992 e. The van der Waals surface area contributed by atoms with Crippen LogP contribution in [0.1, 0.15) is 18.1 Å². The molecule has 1 aliphatic rings. The van der Waals surface area contributed by atoms with Crippen LogP contribution in [0.15, 0.2) is 42.5 Å². The average Bonchev–Trinajstić information content (AvgIpc) is 2.54. The molecule has 1 heterocycles. The Kier molecular flexibility index (Phi) is 3.30. The Morgan fingerprint density at radius 2 is 2.00 bits per heavy atom. The van der Waals surface area contributed by atoms with E-state index in [9.17, 15) is 0 Å². The Morgan fingerprint density at radius 3 is 2.70 bits per heavy atom. The molecular weight excluding hydrogens is 246 g/mol. The average molecular weight is 263 g/mol. The van der Waals surface area contributed by atoms with Crippen LogP contribution in [0.3, 0.4) is 0 Å². The fraction of sp³-hybridized carbons (Fsp3) is 0.235. The fourth-order valence-electron chi connectivity index (χ4n) is 2.59. The molecule has 0 aromatic heterocycles. The third-order valence-corrected chi connectivity index (χ3v) is 3.72. The van der Waals surface area contributed by atoms with Gasteiger partial charge in [0.15, 0.2) is 0 Å². The Hall–Kier alpha value is -2.47. The summed E-state index contributed by atoms with van der Waals surface area (Å²) in [6.07, 6.45) is 1.06. The number of hydrogen-bond acceptors (Lipinski definition) is 3. The molecule has 3 heteroatoms. The highest BCUT2D eigenvalue weighted by Gasteiger charge is 2.18. The van der Waals surface area contributed by atoms with Gasteiger partial charge in [0.1, 0.15) is 0 Å². The summed E-state index contributed by atoms with van der Waals surface area (Å²) < 4.78 is 0. The van der Waals surface area contributed by atoms with E-state index in [0.29, 0.717) is 5.56 Å². The van der Waals surface area contributed by atoms with E-state index in [-0.39, 0.29) is 0 Å². The van der Waals surface area contributed by atoms with E-state index >= 15 is 0 Å². The minimum Gasteiger partial charge on any atom is -0.382 e. The summed E-state index contributed by atoms with van der Waals surface area (Å²) in [6, 6.07) is 16.7. The number of nitriles is 1. The van der Waals surface area contributed by atoms with Gasteiger partial charge in [-0.3, -0.25) is 0 Å². The SMILES string of the molecule is CCc1ccc(N2CCNc3cc(C#N)ccc32)cc1. The van der Waals surface area contributed by atoms with Crippen molar-refractivity contribution >= 4 is 17.1 Å². The normalized spacial score (nSPS) is 13.3. The van der Waals surface area contributed by atoms with Crippen molar-refractivity contribution in [3.8, 4) is 6.07 Å². The molecule has 0 amide bonds. The molecule has 1 aliphatic heterocycles. The van der Waals surface area contributed by atoms with Crippen LogP contribution in [-0.4, -0.2) is 13.1 Å². The van der Waals surface area contributed by atoms with Crippen LogP contribution in [0.5, 0.6) is 0 Å². The quantitative estimate of drug-likeness (QED) is 0.898. The van der Waals surface area contributed by atoms with Crippen LogP contribution < -0.4 is 10.2 Å². The molecule has 0 saturated carbocycles.